The molecule has 0 aromatic heterocycles. The molecule has 27 heavy (non-hydrogen) atoms. The van der Waals surface area contributed by atoms with Gasteiger partial charge in [-0.1, -0.05) is 66.2 Å². The van der Waals surface area contributed by atoms with Crippen LogP contribution < -0.4 is 9.05 Å². The lowest BCUT2D eigenvalue weighted by molar-refractivity contribution is 0.0892. The number of carbonyl (C=O) groups is 1. The summed E-state index contributed by atoms with van der Waals surface area (Å²) in [6.45, 7) is 1.50. The monoisotopic (exact) mass is 382 g/mol. The first-order valence-electron chi connectivity index (χ1n) is 8.38. The van der Waals surface area contributed by atoms with E-state index in [0.29, 0.717) is 17.1 Å². The van der Waals surface area contributed by atoms with Crippen molar-refractivity contribution in [3.05, 3.63) is 96.1 Å². The Labute approximate surface area is 158 Å². The molecule has 0 unspecified atom stereocenters. The quantitative estimate of drug-likeness (QED) is 0.382. The summed E-state index contributed by atoms with van der Waals surface area (Å²) in [4.78, 5) is 12.4. The highest BCUT2D eigenvalue weighted by Crippen LogP contribution is 2.49. The summed E-state index contributed by atoms with van der Waals surface area (Å²) in [5.74, 6) is 0.322. The Bertz CT molecular complexity index is 878. The molecule has 0 aliphatic carbocycles. The van der Waals surface area contributed by atoms with Gasteiger partial charge in [0, 0.05) is 5.56 Å². The van der Waals surface area contributed by atoms with Gasteiger partial charge in [-0.2, -0.15) is 0 Å². The molecule has 0 spiro atoms. The summed E-state index contributed by atoms with van der Waals surface area (Å²) in [5, 5.41) is 0. The van der Waals surface area contributed by atoms with Crippen LogP contribution in [0.1, 0.15) is 15.9 Å². The fourth-order valence-electron chi connectivity index (χ4n) is 2.25. The fourth-order valence-corrected chi connectivity index (χ4v) is 3.43. The van der Waals surface area contributed by atoms with Crippen LogP contribution in [0, 0.1) is 6.92 Å². The second kappa shape index (κ2) is 8.67. The van der Waals surface area contributed by atoms with Gasteiger partial charge in [0.05, 0.1) is 0 Å². The zero-order chi connectivity index (χ0) is 19.1. The summed E-state index contributed by atoms with van der Waals surface area (Å²) >= 11 is 0. The van der Waals surface area contributed by atoms with Crippen molar-refractivity contribution in [1.29, 1.82) is 0 Å². The van der Waals surface area contributed by atoms with Gasteiger partial charge in [0.2, 0.25) is 0 Å². The number of ketones is 1. The van der Waals surface area contributed by atoms with E-state index in [1.807, 2.05) is 19.1 Å². The molecule has 0 bridgehead atoms. The Hall–Kier alpha value is -2.88. The Morgan fingerprint density at radius 2 is 1.26 bits per heavy atom. The second-order valence-electron chi connectivity index (χ2n) is 5.82. The van der Waals surface area contributed by atoms with Gasteiger partial charge >= 0.3 is 7.82 Å². The Balaban J connectivity index is 1.75. The number of rotatable bonds is 8. The van der Waals surface area contributed by atoms with E-state index in [-0.39, 0.29) is 5.78 Å². The molecule has 0 saturated carbocycles. The summed E-state index contributed by atoms with van der Waals surface area (Å²) < 4.78 is 29.4. The lowest BCUT2D eigenvalue weighted by atomic mass is 10.1. The van der Waals surface area contributed by atoms with E-state index in [9.17, 15) is 9.36 Å². The Morgan fingerprint density at radius 3 is 1.74 bits per heavy atom. The molecule has 0 saturated heterocycles. The lowest BCUT2D eigenvalue weighted by Crippen LogP contribution is -2.12. The third-order valence-corrected chi connectivity index (χ3v) is 4.96. The van der Waals surface area contributed by atoms with E-state index in [2.05, 4.69) is 0 Å². The minimum Gasteiger partial charge on any atom is -0.395 e. The molecule has 0 atom stereocenters. The topological polar surface area (TPSA) is 61.8 Å². The maximum Gasteiger partial charge on any atom is 0.588 e. The molecular formula is C21H19O5P. The molecule has 5 nitrogen and oxygen atoms in total. The molecule has 0 amide bonds. The van der Waals surface area contributed by atoms with Gasteiger partial charge in [-0.3, -0.25) is 9.32 Å². The summed E-state index contributed by atoms with van der Waals surface area (Å²) in [5.41, 5.74) is 1.50. The van der Waals surface area contributed by atoms with Crippen molar-refractivity contribution in [1.82, 2.24) is 0 Å². The largest absolute Gasteiger partial charge is 0.588 e. The molecule has 0 aliphatic rings. The Morgan fingerprint density at radius 1 is 0.778 bits per heavy atom. The molecule has 6 heteroatoms. The van der Waals surface area contributed by atoms with Crippen molar-refractivity contribution in [3.8, 4) is 11.5 Å². The van der Waals surface area contributed by atoms with Crippen molar-refractivity contribution >= 4 is 13.6 Å². The predicted octanol–water partition coefficient (Wildman–Crippen LogP) is 5.46. The average molecular weight is 382 g/mol. The summed E-state index contributed by atoms with van der Waals surface area (Å²) in [7, 11) is -4.07. The van der Waals surface area contributed by atoms with Crippen LogP contribution in [0.4, 0.5) is 0 Å². The number of hydrogen-bond acceptors (Lipinski definition) is 5. The van der Waals surface area contributed by atoms with Gasteiger partial charge < -0.3 is 9.05 Å². The zero-order valence-electron chi connectivity index (χ0n) is 14.8. The first kappa shape index (κ1) is 18.9. The van der Waals surface area contributed by atoms with Crippen LogP contribution in [0.3, 0.4) is 0 Å². The predicted molar refractivity (Wildman–Crippen MR) is 103 cm³/mol. The number of para-hydroxylation sites is 2. The van der Waals surface area contributed by atoms with Crippen molar-refractivity contribution in [3.63, 3.8) is 0 Å². The van der Waals surface area contributed by atoms with Crippen LogP contribution in [-0.2, 0) is 9.09 Å². The normalized spacial score (nSPS) is 11.0. The molecule has 138 valence electrons. The maximum absolute atomic E-state index is 13.1. The molecular weight excluding hydrogens is 363 g/mol. The highest BCUT2D eigenvalue weighted by Gasteiger charge is 2.32. The average Bonchev–Trinajstić information content (AvgIpc) is 2.68. The second-order valence-corrected chi connectivity index (χ2v) is 7.34. The number of Topliss-reactive ketones (excluding diaryl/α,β-unsaturated/α-hetero) is 1. The van der Waals surface area contributed by atoms with E-state index in [1.165, 1.54) is 0 Å². The van der Waals surface area contributed by atoms with Gasteiger partial charge in [0.25, 0.3) is 0 Å². The molecule has 3 aromatic rings. The highest BCUT2D eigenvalue weighted by atomic mass is 31.2. The van der Waals surface area contributed by atoms with Crippen molar-refractivity contribution in [2.45, 2.75) is 6.92 Å². The molecule has 0 radical (unpaired) electrons. The minimum absolute atomic E-state index is 0.316. The highest BCUT2D eigenvalue weighted by molar-refractivity contribution is 7.49. The van der Waals surface area contributed by atoms with Crippen molar-refractivity contribution in [2.75, 3.05) is 6.61 Å². The van der Waals surface area contributed by atoms with Gasteiger partial charge in [-0.05, 0) is 31.2 Å². The van der Waals surface area contributed by atoms with E-state index in [1.54, 1.807) is 72.8 Å². The zero-order valence-corrected chi connectivity index (χ0v) is 15.7. The van der Waals surface area contributed by atoms with Gasteiger partial charge in [-0.25, -0.2) is 4.57 Å². The third-order valence-electron chi connectivity index (χ3n) is 3.65. The smallest absolute Gasteiger partial charge is 0.395 e. The van der Waals surface area contributed by atoms with Crippen LogP contribution in [0.15, 0.2) is 84.9 Å². The van der Waals surface area contributed by atoms with E-state index in [0.717, 1.165) is 5.56 Å². The maximum atomic E-state index is 13.1. The number of phosphoric acid groups is 1. The van der Waals surface area contributed by atoms with E-state index < -0.39 is 14.4 Å². The first-order chi connectivity index (χ1) is 13.0. The molecule has 0 fully saturated rings. The minimum atomic E-state index is -4.07. The number of benzene rings is 3. The van der Waals surface area contributed by atoms with Crippen LogP contribution in [0.2, 0.25) is 0 Å². The van der Waals surface area contributed by atoms with Crippen LogP contribution >= 0.6 is 7.82 Å². The van der Waals surface area contributed by atoms with Gasteiger partial charge in [0.15, 0.2) is 5.78 Å². The van der Waals surface area contributed by atoms with Crippen LogP contribution in [0.5, 0.6) is 11.5 Å². The number of phosphoric ester groups is 1. The third kappa shape index (κ3) is 5.55. The van der Waals surface area contributed by atoms with Gasteiger partial charge in [-0.15, -0.1) is 0 Å². The lowest BCUT2D eigenvalue weighted by Gasteiger charge is -2.18. The first-order valence-corrected chi connectivity index (χ1v) is 9.84. The van der Waals surface area contributed by atoms with Crippen LogP contribution in [0.25, 0.3) is 0 Å². The molecule has 0 aliphatic heterocycles. The molecule has 3 rings (SSSR count). The van der Waals surface area contributed by atoms with Crippen molar-refractivity contribution in [2.24, 2.45) is 0 Å². The standard InChI is InChI=1S/C21H19O5P/c1-17-12-14-18(15-13-17)21(22)16-24-27(23,25-19-8-4-2-5-9-19)26-20-10-6-3-7-11-20/h2-15H,16H2,1H3. The summed E-state index contributed by atoms with van der Waals surface area (Å²) in [6, 6.07) is 24.1. The molecule has 0 heterocycles. The number of carbonyl (C=O) groups excluding carboxylic acids is 1. The van der Waals surface area contributed by atoms with Crippen molar-refractivity contribution < 1.29 is 22.9 Å². The fraction of sp³-hybridized carbons (Fsp3) is 0.0952. The van der Waals surface area contributed by atoms with E-state index in [4.69, 9.17) is 13.6 Å². The Kier molecular flexibility index (Phi) is 6.07. The molecule has 0 N–H and O–H groups in total. The molecule has 3 aromatic carbocycles. The number of aryl methyl sites for hydroxylation is 1. The SMILES string of the molecule is Cc1ccc(C(=O)COP(=O)(Oc2ccccc2)Oc2ccccc2)cc1. The van der Waals surface area contributed by atoms with Crippen LogP contribution in [-0.4, -0.2) is 12.4 Å². The van der Waals surface area contributed by atoms with Gasteiger partial charge in [0.1, 0.15) is 18.1 Å². The van der Waals surface area contributed by atoms with E-state index >= 15 is 0 Å². The summed E-state index contributed by atoms with van der Waals surface area (Å²) in [6.07, 6.45) is 0. The number of hydrogen-bond donors (Lipinski definition) is 0.